The van der Waals surface area contributed by atoms with Crippen molar-refractivity contribution in [3.8, 4) is 10.4 Å². The number of benzene rings is 1. The summed E-state index contributed by atoms with van der Waals surface area (Å²) in [6.07, 6.45) is 0.865. The second-order valence-corrected chi connectivity index (χ2v) is 4.81. The highest BCUT2D eigenvalue weighted by atomic mass is 35.5. The van der Waals surface area contributed by atoms with Gasteiger partial charge in [0, 0.05) is 9.90 Å². The fourth-order valence-corrected chi connectivity index (χ4v) is 2.32. The molecule has 0 fully saturated rings. The van der Waals surface area contributed by atoms with Gasteiger partial charge < -0.3 is 0 Å². The Kier molecular flexibility index (Phi) is 2.89. The predicted molar refractivity (Wildman–Crippen MR) is 64.9 cm³/mol. The van der Waals surface area contributed by atoms with Crippen LogP contribution in [0.2, 0.25) is 5.02 Å². The third kappa shape index (κ3) is 2.11. The van der Waals surface area contributed by atoms with E-state index in [0.717, 1.165) is 32.2 Å². The lowest BCUT2D eigenvalue weighted by atomic mass is 10.1. The molecule has 1 aromatic heterocycles. The lowest BCUT2D eigenvalue weighted by Crippen LogP contribution is -1.76. The maximum Gasteiger partial charge on any atom is 0.160 e. The monoisotopic (exact) mass is 236 g/mol. The van der Waals surface area contributed by atoms with Gasteiger partial charge in [-0.2, -0.15) is 0 Å². The van der Waals surface area contributed by atoms with Crippen LogP contribution in [0.15, 0.2) is 30.3 Å². The molecule has 0 aliphatic carbocycles. The molecule has 1 aromatic carbocycles. The fraction of sp³-hybridized carbons (Fsp3) is 0.0833. The molecule has 0 saturated heterocycles. The lowest BCUT2D eigenvalue weighted by molar-refractivity contribution is 0.112. The Morgan fingerprint density at radius 1 is 1.27 bits per heavy atom. The number of hydrogen-bond acceptors (Lipinski definition) is 2. The summed E-state index contributed by atoms with van der Waals surface area (Å²) in [7, 11) is 0. The number of carbonyl (C=O) groups excluding carboxylic acids is 1. The van der Waals surface area contributed by atoms with Crippen molar-refractivity contribution in [3.63, 3.8) is 0 Å². The first-order valence-electron chi connectivity index (χ1n) is 4.52. The summed E-state index contributed by atoms with van der Waals surface area (Å²) in [5.74, 6) is 0. The van der Waals surface area contributed by atoms with E-state index >= 15 is 0 Å². The Labute approximate surface area is 97.3 Å². The predicted octanol–water partition coefficient (Wildman–Crippen LogP) is 4.19. The van der Waals surface area contributed by atoms with Gasteiger partial charge in [-0.3, -0.25) is 4.79 Å². The van der Waals surface area contributed by atoms with Crippen molar-refractivity contribution in [2.24, 2.45) is 0 Å². The molecule has 0 radical (unpaired) electrons. The molecule has 15 heavy (non-hydrogen) atoms. The van der Waals surface area contributed by atoms with Crippen molar-refractivity contribution in [2.45, 2.75) is 6.92 Å². The number of rotatable bonds is 2. The number of halogens is 1. The van der Waals surface area contributed by atoms with Gasteiger partial charge in [-0.25, -0.2) is 0 Å². The maximum absolute atomic E-state index is 10.6. The zero-order valence-electron chi connectivity index (χ0n) is 8.16. The average Bonchev–Trinajstić information content (AvgIpc) is 2.70. The third-order valence-corrected chi connectivity index (χ3v) is 3.67. The summed E-state index contributed by atoms with van der Waals surface area (Å²) >= 11 is 7.51. The largest absolute Gasteiger partial charge is 0.297 e. The summed E-state index contributed by atoms with van der Waals surface area (Å²) < 4.78 is 0. The Hall–Kier alpha value is -1.12. The summed E-state index contributed by atoms with van der Waals surface area (Å²) in [4.78, 5) is 12.4. The van der Waals surface area contributed by atoms with Crippen molar-refractivity contribution in [3.05, 3.63) is 45.8 Å². The quantitative estimate of drug-likeness (QED) is 0.715. The molecule has 2 aromatic rings. The zero-order valence-corrected chi connectivity index (χ0v) is 9.73. The van der Waals surface area contributed by atoms with Crippen LogP contribution in [0.3, 0.4) is 0 Å². The minimum Gasteiger partial charge on any atom is -0.297 e. The number of thiophene rings is 1. The maximum atomic E-state index is 10.6. The SMILES string of the molecule is Cc1ccc(-c2ccc(C=O)s2)cc1Cl. The molecule has 0 atom stereocenters. The number of aryl methyl sites for hydroxylation is 1. The molecule has 2 rings (SSSR count). The second-order valence-electron chi connectivity index (χ2n) is 3.28. The average molecular weight is 237 g/mol. The smallest absolute Gasteiger partial charge is 0.160 e. The summed E-state index contributed by atoms with van der Waals surface area (Å²) in [6.45, 7) is 1.97. The molecule has 0 saturated carbocycles. The molecule has 3 heteroatoms. The van der Waals surface area contributed by atoms with E-state index in [4.69, 9.17) is 11.6 Å². The van der Waals surface area contributed by atoms with Crippen molar-refractivity contribution in [2.75, 3.05) is 0 Å². The van der Waals surface area contributed by atoms with Crippen LogP contribution >= 0.6 is 22.9 Å². The molecule has 0 aliphatic rings. The minimum absolute atomic E-state index is 0.738. The fourth-order valence-electron chi connectivity index (χ4n) is 1.32. The van der Waals surface area contributed by atoms with Crippen LogP contribution in [-0.2, 0) is 0 Å². The molecule has 0 spiro atoms. The second kappa shape index (κ2) is 4.17. The van der Waals surface area contributed by atoms with Crippen LogP contribution in [0.25, 0.3) is 10.4 Å². The third-order valence-electron chi connectivity index (χ3n) is 2.20. The van der Waals surface area contributed by atoms with Crippen molar-refractivity contribution < 1.29 is 4.79 Å². The Bertz CT molecular complexity index is 502. The number of carbonyl (C=O) groups is 1. The summed E-state index contributed by atoms with van der Waals surface area (Å²) in [6, 6.07) is 9.69. The van der Waals surface area contributed by atoms with Crippen LogP contribution in [0.5, 0.6) is 0 Å². The first-order chi connectivity index (χ1) is 7.20. The molecule has 0 bridgehead atoms. The van der Waals surface area contributed by atoms with Gasteiger partial charge in [0.15, 0.2) is 6.29 Å². The van der Waals surface area contributed by atoms with Crippen molar-refractivity contribution in [1.29, 1.82) is 0 Å². The molecular weight excluding hydrogens is 228 g/mol. The van der Waals surface area contributed by atoms with Crippen LogP contribution in [0, 0.1) is 6.92 Å². The van der Waals surface area contributed by atoms with E-state index in [1.807, 2.05) is 37.3 Å². The summed E-state index contributed by atoms with van der Waals surface area (Å²) in [5.41, 5.74) is 2.12. The van der Waals surface area contributed by atoms with Gasteiger partial charge in [0.1, 0.15) is 0 Å². The van der Waals surface area contributed by atoms with Crippen molar-refractivity contribution in [1.82, 2.24) is 0 Å². The van der Waals surface area contributed by atoms with Gasteiger partial charge in [-0.1, -0.05) is 23.7 Å². The molecule has 0 N–H and O–H groups in total. The van der Waals surface area contributed by atoms with Crippen LogP contribution < -0.4 is 0 Å². The van der Waals surface area contributed by atoms with Crippen LogP contribution in [-0.4, -0.2) is 6.29 Å². The van der Waals surface area contributed by atoms with E-state index in [-0.39, 0.29) is 0 Å². The van der Waals surface area contributed by atoms with E-state index in [2.05, 4.69) is 0 Å². The number of hydrogen-bond donors (Lipinski definition) is 0. The van der Waals surface area contributed by atoms with E-state index in [1.165, 1.54) is 11.3 Å². The van der Waals surface area contributed by atoms with Crippen LogP contribution in [0.4, 0.5) is 0 Å². The molecule has 1 heterocycles. The highest BCUT2D eigenvalue weighted by Crippen LogP contribution is 2.30. The highest BCUT2D eigenvalue weighted by molar-refractivity contribution is 7.17. The van der Waals surface area contributed by atoms with Gasteiger partial charge >= 0.3 is 0 Å². The van der Waals surface area contributed by atoms with Gasteiger partial charge in [0.2, 0.25) is 0 Å². The summed E-state index contributed by atoms with van der Waals surface area (Å²) in [5, 5.41) is 0.758. The first-order valence-corrected chi connectivity index (χ1v) is 5.71. The molecule has 1 nitrogen and oxygen atoms in total. The molecule has 0 unspecified atom stereocenters. The first kappa shape index (κ1) is 10.4. The number of aldehydes is 1. The Morgan fingerprint density at radius 2 is 2.07 bits per heavy atom. The standard InChI is InChI=1S/C12H9ClOS/c1-8-2-3-9(6-11(8)13)12-5-4-10(7-14)15-12/h2-7H,1H3. The normalized spacial score (nSPS) is 10.3. The Balaban J connectivity index is 2.44. The van der Waals surface area contributed by atoms with E-state index in [0.29, 0.717) is 0 Å². The highest BCUT2D eigenvalue weighted by Gasteiger charge is 2.03. The molecule has 0 aliphatic heterocycles. The Morgan fingerprint density at radius 3 is 2.67 bits per heavy atom. The lowest BCUT2D eigenvalue weighted by Gasteiger charge is -2.00. The van der Waals surface area contributed by atoms with E-state index < -0.39 is 0 Å². The van der Waals surface area contributed by atoms with Gasteiger partial charge in [0.25, 0.3) is 0 Å². The van der Waals surface area contributed by atoms with Crippen LogP contribution in [0.1, 0.15) is 15.2 Å². The van der Waals surface area contributed by atoms with E-state index in [1.54, 1.807) is 0 Å². The molecular formula is C12H9ClOS. The van der Waals surface area contributed by atoms with Gasteiger partial charge in [-0.05, 0) is 36.2 Å². The molecule has 0 amide bonds. The molecule has 76 valence electrons. The van der Waals surface area contributed by atoms with Crippen molar-refractivity contribution >= 4 is 29.2 Å². The zero-order chi connectivity index (χ0) is 10.8. The van der Waals surface area contributed by atoms with E-state index in [9.17, 15) is 4.79 Å². The minimum atomic E-state index is 0.738. The van der Waals surface area contributed by atoms with Gasteiger partial charge in [-0.15, -0.1) is 11.3 Å². The van der Waals surface area contributed by atoms with Gasteiger partial charge in [0.05, 0.1) is 4.88 Å². The topological polar surface area (TPSA) is 17.1 Å².